The van der Waals surface area contributed by atoms with Crippen LogP contribution in [0.15, 0.2) is 53.0 Å². The van der Waals surface area contributed by atoms with Crippen LogP contribution in [0.2, 0.25) is 0 Å². The summed E-state index contributed by atoms with van der Waals surface area (Å²) in [7, 11) is -1.80. The molecule has 0 radical (unpaired) electrons. The fourth-order valence-electron chi connectivity index (χ4n) is 3.41. The quantitative estimate of drug-likeness (QED) is 0.581. The fraction of sp³-hybridized carbons (Fsp3) is 0.333. The number of anilines is 1. The van der Waals surface area contributed by atoms with Gasteiger partial charge in [-0.3, -0.25) is 0 Å². The highest BCUT2D eigenvalue weighted by Crippen LogP contribution is 2.27. The van der Waals surface area contributed by atoms with Crippen molar-refractivity contribution in [3.8, 4) is 17.0 Å². The van der Waals surface area contributed by atoms with Crippen LogP contribution >= 0.6 is 11.3 Å². The zero-order valence-electron chi connectivity index (χ0n) is 17.0. The summed E-state index contributed by atoms with van der Waals surface area (Å²) in [5.74, 6) is 1.60. The molecule has 3 aromatic rings. The van der Waals surface area contributed by atoms with Gasteiger partial charge in [-0.2, -0.15) is 4.31 Å². The van der Waals surface area contributed by atoms with Crippen molar-refractivity contribution in [2.75, 3.05) is 38.2 Å². The van der Waals surface area contributed by atoms with E-state index >= 15 is 0 Å². The maximum Gasteiger partial charge on any atom is 0.252 e. The number of hydrogen-bond donors (Lipinski definition) is 0. The molecule has 1 aromatic carbocycles. The number of sulfonamides is 1. The number of thiophene rings is 1. The second-order valence-corrected chi connectivity index (χ2v) is 10.3. The van der Waals surface area contributed by atoms with Crippen LogP contribution < -0.4 is 9.64 Å². The normalized spacial score (nSPS) is 15.3. The molecule has 4 rings (SSSR count). The molecular formula is C21H24N4O3S2. The molecule has 9 heteroatoms. The molecule has 0 bridgehead atoms. The van der Waals surface area contributed by atoms with Gasteiger partial charge in [0.25, 0.3) is 10.0 Å². The van der Waals surface area contributed by atoms with Gasteiger partial charge in [-0.1, -0.05) is 6.92 Å². The molecule has 1 fully saturated rings. The van der Waals surface area contributed by atoms with Crippen molar-refractivity contribution < 1.29 is 13.2 Å². The molecule has 0 unspecified atom stereocenters. The zero-order valence-corrected chi connectivity index (χ0v) is 18.6. The van der Waals surface area contributed by atoms with Crippen LogP contribution in [0.1, 0.15) is 11.8 Å². The Hall–Kier alpha value is -2.49. The molecular weight excluding hydrogens is 420 g/mol. The van der Waals surface area contributed by atoms with Crippen LogP contribution in [0.4, 0.5) is 5.82 Å². The Balaban J connectivity index is 1.46. The summed E-state index contributed by atoms with van der Waals surface area (Å²) in [5.41, 5.74) is 1.80. The van der Waals surface area contributed by atoms with Crippen molar-refractivity contribution in [1.82, 2.24) is 14.3 Å². The van der Waals surface area contributed by atoms with Gasteiger partial charge in [-0.25, -0.2) is 18.4 Å². The number of benzene rings is 1. The summed E-state index contributed by atoms with van der Waals surface area (Å²) in [6.07, 6.45) is 2.40. The fourth-order valence-corrected chi connectivity index (χ4v) is 6.28. The SMILES string of the molecule is CCc1ccc(S(=O)(=O)N2CCN(c3cc(-c4ccc(OC)cc4)ncn3)CC2)s1. The van der Waals surface area contributed by atoms with E-state index in [2.05, 4.69) is 14.9 Å². The summed E-state index contributed by atoms with van der Waals surface area (Å²) in [5, 5.41) is 0. The highest BCUT2D eigenvalue weighted by molar-refractivity contribution is 7.91. The topological polar surface area (TPSA) is 75.6 Å². The van der Waals surface area contributed by atoms with Crippen molar-refractivity contribution in [3.05, 3.63) is 53.7 Å². The summed E-state index contributed by atoms with van der Waals surface area (Å²) in [6.45, 7) is 4.07. The Morgan fingerprint density at radius 2 is 1.77 bits per heavy atom. The van der Waals surface area contributed by atoms with Crippen LogP contribution in [0.5, 0.6) is 5.75 Å². The van der Waals surface area contributed by atoms with E-state index < -0.39 is 10.0 Å². The lowest BCUT2D eigenvalue weighted by molar-refractivity contribution is 0.384. The maximum absolute atomic E-state index is 12.9. The van der Waals surface area contributed by atoms with E-state index in [-0.39, 0.29) is 0 Å². The van der Waals surface area contributed by atoms with E-state index in [9.17, 15) is 8.42 Å². The number of rotatable bonds is 6. The monoisotopic (exact) mass is 444 g/mol. The number of methoxy groups -OCH3 is 1. The molecule has 1 aliphatic rings. The number of aryl methyl sites for hydroxylation is 1. The highest BCUT2D eigenvalue weighted by atomic mass is 32.2. The standard InChI is InChI=1S/C21H24N4O3S2/c1-3-18-8-9-21(29-18)30(26,27)25-12-10-24(11-13-25)20-14-19(22-15-23-20)16-4-6-17(28-2)7-5-16/h4-9,14-15H,3,10-13H2,1-2H3. The Bertz CT molecular complexity index is 1110. The van der Waals surface area contributed by atoms with Crippen LogP contribution in [0.3, 0.4) is 0 Å². The minimum atomic E-state index is -3.43. The lowest BCUT2D eigenvalue weighted by Gasteiger charge is -2.34. The third-order valence-electron chi connectivity index (χ3n) is 5.18. The summed E-state index contributed by atoms with van der Waals surface area (Å²) >= 11 is 1.36. The Morgan fingerprint density at radius 3 is 2.40 bits per heavy atom. The first-order valence-corrected chi connectivity index (χ1v) is 12.1. The number of nitrogens with zero attached hydrogens (tertiary/aromatic N) is 4. The lowest BCUT2D eigenvalue weighted by atomic mass is 10.1. The smallest absolute Gasteiger partial charge is 0.252 e. The van der Waals surface area contributed by atoms with Crippen LogP contribution in [0.25, 0.3) is 11.3 Å². The number of ether oxygens (including phenoxy) is 1. The van der Waals surface area contributed by atoms with Crippen molar-refractivity contribution in [2.45, 2.75) is 17.6 Å². The lowest BCUT2D eigenvalue weighted by Crippen LogP contribution is -2.48. The van der Waals surface area contributed by atoms with E-state index in [0.717, 1.165) is 34.1 Å². The molecule has 3 heterocycles. The van der Waals surface area contributed by atoms with Gasteiger partial charge < -0.3 is 9.64 Å². The van der Waals surface area contributed by atoms with E-state index in [1.807, 2.05) is 43.3 Å². The number of piperazine rings is 1. The van der Waals surface area contributed by atoms with Gasteiger partial charge in [0.05, 0.1) is 12.8 Å². The second kappa shape index (κ2) is 8.71. The van der Waals surface area contributed by atoms with Gasteiger partial charge in [0.15, 0.2) is 0 Å². The van der Waals surface area contributed by atoms with Gasteiger partial charge in [-0.05, 0) is 42.8 Å². The van der Waals surface area contributed by atoms with Gasteiger partial charge in [0.2, 0.25) is 0 Å². The summed E-state index contributed by atoms with van der Waals surface area (Å²) < 4.78 is 33.1. The zero-order chi connectivity index (χ0) is 21.1. The van der Waals surface area contributed by atoms with Gasteiger partial charge in [0.1, 0.15) is 22.1 Å². The van der Waals surface area contributed by atoms with Gasteiger partial charge >= 0.3 is 0 Å². The Kier molecular flexibility index (Phi) is 6.03. The van der Waals surface area contributed by atoms with Crippen molar-refractivity contribution >= 4 is 27.2 Å². The van der Waals surface area contributed by atoms with Crippen molar-refractivity contribution in [2.24, 2.45) is 0 Å². The molecule has 0 spiro atoms. The predicted octanol–water partition coefficient (Wildman–Crippen LogP) is 3.29. The average Bonchev–Trinajstić information content (AvgIpc) is 3.30. The highest BCUT2D eigenvalue weighted by Gasteiger charge is 2.30. The van der Waals surface area contributed by atoms with Crippen LogP contribution in [-0.4, -0.2) is 56.0 Å². The summed E-state index contributed by atoms with van der Waals surface area (Å²) in [4.78, 5) is 12.0. The van der Waals surface area contributed by atoms with Gasteiger partial charge in [-0.15, -0.1) is 11.3 Å². The Morgan fingerprint density at radius 1 is 1.03 bits per heavy atom. The molecule has 7 nitrogen and oxygen atoms in total. The van der Waals surface area contributed by atoms with Crippen molar-refractivity contribution in [1.29, 1.82) is 0 Å². The molecule has 0 atom stereocenters. The van der Waals surface area contributed by atoms with Crippen molar-refractivity contribution in [3.63, 3.8) is 0 Å². The molecule has 2 aromatic heterocycles. The first kappa shape index (κ1) is 20.8. The minimum Gasteiger partial charge on any atom is -0.497 e. The molecule has 1 saturated heterocycles. The van der Waals surface area contributed by atoms with Crippen LogP contribution in [-0.2, 0) is 16.4 Å². The van der Waals surface area contributed by atoms with E-state index in [1.54, 1.807) is 23.8 Å². The molecule has 0 N–H and O–H groups in total. The first-order valence-electron chi connectivity index (χ1n) is 9.81. The third-order valence-corrected chi connectivity index (χ3v) is 8.78. The molecule has 30 heavy (non-hydrogen) atoms. The van der Waals surface area contributed by atoms with E-state index in [1.165, 1.54) is 11.3 Å². The molecule has 0 amide bonds. The molecule has 1 aliphatic heterocycles. The maximum atomic E-state index is 12.9. The second-order valence-electron chi connectivity index (χ2n) is 6.96. The summed E-state index contributed by atoms with van der Waals surface area (Å²) in [6, 6.07) is 13.3. The molecule has 158 valence electrons. The number of aromatic nitrogens is 2. The first-order chi connectivity index (χ1) is 14.5. The minimum absolute atomic E-state index is 0.427. The average molecular weight is 445 g/mol. The third kappa shape index (κ3) is 4.19. The van der Waals surface area contributed by atoms with Crippen LogP contribution in [0, 0.1) is 0 Å². The largest absolute Gasteiger partial charge is 0.497 e. The molecule has 0 aliphatic carbocycles. The predicted molar refractivity (Wildman–Crippen MR) is 119 cm³/mol. The van der Waals surface area contributed by atoms with Gasteiger partial charge in [0, 0.05) is 42.7 Å². The number of hydrogen-bond acceptors (Lipinski definition) is 7. The molecule has 0 saturated carbocycles. The Labute approximate surface area is 181 Å². The van der Waals surface area contributed by atoms with E-state index in [4.69, 9.17) is 4.74 Å². The van der Waals surface area contributed by atoms with E-state index in [0.29, 0.717) is 30.4 Å².